The molecule has 3 nitrogen and oxygen atoms in total. The van der Waals surface area contributed by atoms with E-state index in [9.17, 15) is 9.59 Å². The quantitative estimate of drug-likeness (QED) is 0.626. The Bertz CT molecular complexity index is 568. The Morgan fingerprint density at radius 2 is 1.86 bits per heavy atom. The number of hydrogen-bond donors (Lipinski definition) is 0. The van der Waals surface area contributed by atoms with Gasteiger partial charge in [-0.2, -0.15) is 0 Å². The first kappa shape index (κ1) is 14.4. The molecule has 0 amide bonds. The molecule has 110 valence electrons. The molecule has 0 bridgehead atoms. The Balaban J connectivity index is 1.60. The van der Waals surface area contributed by atoms with Crippen LogP contribution in [0.3, 0.4) is 0 Å². The lowest BCUT2D eigenvalue weighted by atomic mass is 10.1. The lowest BCUT2D eigenvalue weighted by Crippen LogP contribution is -2.07. The van der Waals surface area contributed by atoms with Gasteiger partial charge in [0.2, 0.25) is 5.12 Å². The highest BCUT2D eigenvalue weighted by Gasteiger charge is 2.25. The van der Waals surface area contributed by atoms with Gasteiger partial charge in [0.15, 0.2) is 5.78 Å². The van der Waals surface area contributed by atoms with Crippen molar-refractivity contribution in [2.75, 3.05) is 6.61 Å². The number of allylic oxidation sites excluding steroid dienone is 1. The van der Waals surface area contributed by atoms with Crippen LogP contribution in [0.1, 0.15) is 37.7 Å². The minimum Gasteiger partial charge on any atom is -0.493 e. The smallest absolute Gasteiger partial charge is 0.201 e. The second-order valence-corrected chi connectivity index (χ2v) is 6.71. The number of hydrogen-bond acceptors (Lipinski definition) is 4. The minimum absolute atomic E-state index is 0.0269. The van der Waals surface area contributed by atoms with Gasteiger partial charge < -0.3 is 4.74 Å². The van der Waals surface area contributed by atoms with Crippen LogP contribution >= 0.6 is 11.8 Å². The van der Waals surface area contributed by atoms with Gasteiger partial charge in [-0.05, 0) is 54.3 Å². The normalized spacial score (nSPS) is 21.4. The van der Waals surface area contributed by atoms with Gasteiger partial charge in [0, 0.05) is 0 Å². The highest BCUT2D eigenvalue weighted by molar-refractivity contribution is 8.18. The van der Waals surface area contributed by atoms with Crippen LogP contribution < -0.4 is 4.74 Å². The van der Waals surface area contributed by atoms with E-state index in [4.69, 9.17) is 4.74 Å². The van der Waals surface area contributed by atoms with Crippen molar-refractivity contribution >= 4 is 28.7 Å². The zero-order chi connectivity index (χ0) is 14.7. The van der Waals surface area contributed by atoms with E-state index >= 15 is 0 Å². The van der Waals surface area contributed by atoms with E-state index in [-0.39, 0.29) is 17.3 Å². The van der Waals surface area contributed by atoms with E-state index in [1.54, 1.807) is 6.08 Å². The summed E-state index contributed by atoms with van der Waals surface area (Å²) in [4.78, 5) is 23.3. The van der Waals surface area contributed by atoms with Crippen LogP contribution in [0.25, 0.3) is 6.08 Å². The van der Waals surface area contributed by atoms with Gasteiger partial charge in [-0.3, -0.25) is 9.59 Å². The van der Waals surface area contributed by atoms with Crippen molar-refractivity contribution in [2.45, 2.75) is 32.1 Å². The Hall–Kier alpha value is -1.55. The first-order chi connectivity index (χ1) is 10.2. The predicted octanol–water partition coefficient (Wildman–Crippen LogP) is 3.83. The summed E-state index contributed by atoms with van der Waals surface area (Å²) >= 11 is 1.04. The standard InChI is InChI=1S/C17H18O3S/c18-15-10-17(19)21-16(15)9-12-5-7-14(8-6-12)20-11-13-3-1-2-4-13/h5-9,13H,1-4,10-11H2/b16-9-. The van der Waals surface area contributed by atoms with Gasteiger partial charge in [0.05, 0.1) is 17.9 Å². The third-order valence-electron chi connectivity index (χ3n) is 3.94. The van der Waals surface area contributed by atoms with Crippen LogP contribution in [0.4, 0.5) is 0 Å². The second kappa shape index (κ2) is 6.48. The van der Waals surface area contributed by atoms with Crippen LogP contribution in [-0.2, 0) is 9.59 Å². The maximum Gasteiger partial charge on any atom is 0.201 e. The third-order valence-corrected chi connectivity index (χ3v) is 4.88. The van der Waals surface area contributed by atoms with E-state index in [0.29, 0.717) is 10.8 Å². The fourth-order valence-corrected chi connectivity index (χ4v) is 3.58. The Kier molecular flexibility index (Phi) is 4.44. The molecule has 0 N–H and O–H groups in total. The molecule has 21 heavy (non-hydrogen) atoms. The number of ether oxygens (including phenoxy) is 1. The van der Waals surface area contributed by atoms with Crippen molar-refractivity contribution in [2.24, 2.45) is 5.92 Å². The van der Waals surface area contributed by atoms with Crippen LogP contribution in [0, 0.1) is 5.92 Å². The van der Waals surface area contributed by atoms with E-state index < -0.39 is 0 Å². The molecular weight excluding hydrogens is 284 g/mol. The number of carbonyl (C=O) groups is 2. The average molecular weight is 302 g/mol. The second-order valence-electron chi connectivity index (χ2n) is 5.61. The largest absolute Gasteiger partial charge is 0.493 e. The lowest BCUT2D eigenvalue weighted by molar-refractivity contribution is -0.119. The first-order valence-corrected chi connectivity index (χ1v) is 8.21. The van der Waals surface area contributed by atoms with E-state index in [1.807, 2.05) is 24.3 Å². The molecule has 1 saturated carbocycles. The summed E-state index contributed by atoms with van der Waals surface area (Å²) in [5.74, 6) is 1.49. The molecule has 0 unspecified atom stereocenters. The Morgan fingerprint density at radius 3 is 2.48 bits per heavy atom. The summed E-state index contributed by atoms with van der Waals surface area (Å²) in [6, 6.07) is 7.70. The van der Waals surface area contributed by atoms with Crippen molar-refractivity contribution < 1.29 is 14.3 Å². The molecule has 1 heterocycles. The molecular formula is C17H18O3S. The molecule has 3 rings (SSSR count). The molecule has 0 aromatic heterocycles. The van der Waals surface area contributed by atoms with Crippen LogP contribution in [0.2, 0.25) is 0 Å². The first-order valence-electron chi connectivity index (χ1n) is 7.39. The van der Waals surface area contributed by atoms with Gasteiger partial charge in [-0.15, -0.1) is 0 Å². The van der Waals surface area contributed by atoms with Gasteiger partial charge in [-0.25, -0.2) is 0 Å². The third kappa shape index (κ3) is 3.76. The Morgan fingerprint density at radius 1 is 1.14 bits per heavy atom. The monoisotopic (exact) mass is 302 g/mol. The number of ketones is 1. The molecule has 1 aliphatic heterocycles. The highest BCUT2D eigenvalue weighted by Crippen LogP contribution is 2.31. The summed E-state index contributed by atoms with van der Waals surface area (Å²) in [6.45, 7) is 0.795. The van der Waals surface area contributed by atoms with Gasteiger partial charge >= 0.3 is 0 Å². The number of rotatable bonds is 4. The maximum atomic E-state index is 11.6. The van der Waals surface area contributed by atoms with Gasteiger partial charge in [0.25, 0.3) is 0 Å². The average Bonchev–Trinajstić information content (AvgIpc) is 3.08. The molecule has 0 spiro atoms. The van der Waals surface area contributed by atoms with Crippen LogP contribution in [0.5, 0.6) is 5.75 Å². The van der Waals surface area contributed by atoms with Crippen molar-refractivity contribution in [3.63, 3.8) is 0 Å². The summed E-state index contributed by atoms with van der Waals surface area (Å²) in [7, 11) is 0. The summed E-state index contributed by atoms with van der Waals surface area (Å²) in [6.07, 6.45) is 7.00. The van der Waals surface area contributed by atoms with E-state index in [0.717, 1.165) is 29.7 Å². The van der Waals surface area contributed by atoms with Crippen molar-refractivity contribution in [1.82, 2.24) is 0 Å². The summed E-state index contributed by atoms with van der Waals surface area (Å²) in [5, 5.41) is -0.0669. The van der Waals surface area contributed by atoms with Crippen molar-refractivity contribution in [3.05, 3.63) is 34.7 Å². The fraction of sp³-hybridized carbons (Fsp3) is 0.412. The molecule has 1 aromatic rings. The molecule has 1 saturated heterocycles. The van der Waals surface area contributed by atoms with E-state index in [1.165, 1.54) is 25.7 Å². The molecule has 1 aliphatic carbocycles. The predicted molar refractivity (Wildman–Crippen MR) is 84.1 cm³/mol. The van der Waals surface area contributed by atoms with Gasteiger partial charge in [0.1, 0.15) is 5.75 Å². The SMILES string of the molecule is O=C1CC(=O)/C(=C/c2ccc(OCC3CCCC3)cc2)S1. The molecule has 0 atom stereocenters. The zero-order valence-corrected chi connectivity index (χ0v) is 12.7. The zero-order valence-electron chi connectivity index (χ0n) is 11.8. The Labute approximate surface area is 128 Å². The maximum absolute atomic E-state index is 11.6. The molecule has 0 radical (unpaired) electrons. The fourth-order valence-electron chi connectivity index (χ4n) is 2.75. The van der Waals surface area contributed by atoms with Crippen molar-refractivity contribution in [1.29, 1.82) is 0 Å². The highest BCUT2D eigenvalue weighted by atomic mass is 32.2. The lowest BCUT2D eigenvalue weighted by Gasteiger charge is -2.11. The molecule has 1 aromatic carbocycles. The van der Waals surface area contributed by atoms with E-state index in [2.05, 4.69) is 0 Å². The molecule has 2 aliphatic rings. The van der Waals surface area contributed by atoms with Crippen LogP contribution in [-0.4, -0.2) is 17.5 Å². The number of carbonyl (C=O) groups excluding carboxylic acids is 2. The van der Waals surface area contributed by atoms with Crippen LogP contribution in [0.15, 0.2) is 29.2 Å². The van der Waals surface area contributed by atoms with Crippen molar-refractivity contribution in [3.8, 4) is 5.75 Å². The minimum atomic E-state index is -0.0773. The summed E-state index contributed by atoms with van der Waals surface area (Å²) in [5.41, 5.74) is 0.925. The number of Topliss-reactive ketones (excluding diaryl/α,β-unsaturated/α-hetero) is 1. The van der Waals surface area contributed by atoms with Gasteiger partial charge in [-0.1, -0.05) is 25.0 Å². The molecule has 2 fully saturated rings. The topological polar surface area (TPSA) is 43.4 Å². The number of thioether (sulfide) groups is 1. The summed E-state index contributed by atoms with van der Waals surface area (Å²) < 4.78 is 5.81. The molecule has 4 heteroatoms. The number of benzene rings is 1.